The zero-order chi connectivity index (χ0) is 16.2. The monoisotopic (exact) mass is 314 g/mol. The molecule has 1 saturated heterocycles. The van der Waals surface area contributed by atoms with E-state index in [1.54, 1.807) is 19.3 Å². The van der Waals surface area contributed by atoms with E-state index in [1.807, 2.05) is 17.0 Å². The molecule has 3 rings (SSSR count). The van der Waals surface area contributed by atoms with Gasteiger partial charge in [-0.25, -0.2) is 4.98 Å². The van der Waals surface area contributed by atoms with Crippen LogP contribution in [0.3, 0.4) is 0 Å². The van der Waals surface area contributed by atoms with E-state index in [0.29, 0.717) is 49.9 Å². The predicted octanol–water partition coefficient (Wildman–Crippen LogP) is 1.98. The molecule has 1 amide bonds. The molecule has 0 spiro atoms. The van der Waals surface area contributed by atoms with Crippen molar-refractivity contribution < 1.29 is 13.6 Å². The van der Waals surface area contributed by atoms with Crippen LogP contribution in [0, 0.1) is 24.2 Å². The van der Waals surface area contributed by atoms with Crippen LogP contribution in [0.5, 0.6) is 0 Å². The highest BCUT2D eigenvalue weighted by atomic mass is 16.4. The number of carbonyl (C=O) groups is 1. The van der Waals surface area contributed by atoms with Gasteiger partial charge in [-0.15, -0.1) is 0 Å². The summed E-state index contributed by atoms with van der Waals surface area (Å²) < 4.78 is 10.7. The van der Waals surface area contributed by atoms with Crippen LogP contribution >= 0.6 is 0 Å². The Labute approximate surface area is 133 Å². The largest absolute Gasteiger partial charge is 0.467 e. The van der Waals surface area contributed by atoms with Gasteiger partial charge in [0, 0.05) is 25.9 Å². The lowest BCUT2D eigenvalue weighted by Gasteiger charge is -2.30. The van der Waals surface area contributed by atoms with Crippen molar-refractivity contribution in [1.29, 1.82) is 5.26 Å². The van der Waals surface area contributed by atoms with E-state index in [1.165, 1.54) is 0 Å². The van der Waals surface area contributed by atoms with E-state index in [9.17, 15) is 4.79 Å². The summed E-state index contributed by atoms with van der Waals surface area (Å²) in [6.07, 6.45) is 3.02. The number of rotatable bonds is 4. The summed E-state index contributed by atoms with van der Waals surface area (Å²) in [5.74, 6) is 1.74. The Morgan fingerprint density at radius 1 is 1.52 bits per heavy atom. The number of nitrogens with one attached hydrogen (secondary N) is 1. The Bertz CT molecular complexity index is 706. The van der Waals surface area contributed by atoms with Crippen LogP contribution in [0.25, 0.3) is 0 Å². The Hall–Kier alpha value is -2.75. The van der Waals surface area contributed by atoms with Crippen LogP contribution in [0.15, 0.2) is 27.2 Å². The van der Waals surface area contributed by atoms with Crippen LogP contribution < -0.4 is 10.2 Å². The topological polar surface area (TPSA) is 95.3 Å². The average Bonchev–Trinajstić information content (AvgIpc) is 3.22. The van der Waals surface area contributed by atoms with Crippen molar-refractivity contribution in [3.8, 4) is 6.07 Å². The summed E-state index contributed by atoms with van der Waals surface area (Å²) in [5, 5.41) is 12.0. The quantitative estimate of drug-likeness (QED) is 0.927. The first-order valence-electron chi connectivity index (χ1n) is 7.60. The molecule has 0 unspecified atom stereocenters. The molecule has 0 atom stereocenters. The maximum absolute atomic E-state index is 12.2. The van der Waals surface area contributed by atoms with Crippen molar-refractivity contribution in [3.05, 3.63) is 35.7 Å². The van der Waals surface area contributed by atoms with Gasteiger partial charge in [0.05, 0.1) is 12.8 Å². The maximum atomic E-state index is 12.2. The molecule has 2 aromatic rings. The van der Waals surface area contributed by atoms with Gasteiger partial charge in [-0.3, -0.25) is 4.79 Å². The summed E-state index contributed by atoms with van der Waals surface area (Å²) >= 11 is 0. The molecule has 23 heavy (non-hydrogen) atoms. The van der Waals surface area contributed by atoms with Crippen LogP contribution in [-0.2, 0) is 11.3 Å². The third kappa shape index (κ3) is 3.37. The number of anilines is 1. The van der Waals surface area contributed by atoms with Crippen molar-refractivity contribution in [1.82, 2.24) is 10.3 Å². The molecule has 7 nitrogen and oxygen atoms in total. The first-order valence-corrected chi connectivity index (χ1v) is 7.60. The molecule has 7 heteroatoms. The lowest BCUT2D eigenvalue weighted by molar-refractivity contribution is -0.125. The summed E-state index contributed by atoms with van der Waals surface area (Å²) in [6, 6.07) is 5.68. The standard InChI is InChI=1S/C16H18N4O3/c1-11-19-14(9-17)16(23-11)20-6-4-12(5-7-20)15(21)18-10-13-3-2-8-22-13/h2-3,8,12H,4-7,10H2,1H3,(H,18,21). The van der Waals surface area contributed by atoms with Crippen molar-refractivity contribution in [2.24, 2.45) is 5.92 Å². The van der Waals surface area contributed by atoms with Crippen LogP contribution in [0.4, 0.5) is 5.88 Å². The summed E-state index contributed by atoms with van der Waals surface area (Å²) in [6.45, 7) is 3.47. The van der Waals surface area contributed by atoms with Crippen molar-refractivity contribution in [2.45, 2.75) is 26.3 Å². The number of carbonyl (C=O) groups excluding carboxylic acids is 1. The fraction of sp³-hybridized carbons (Fsp3) is 0.438. The normalized spacial score (nSPS) is 15.4. The first kappa shape index (κ1) is 15.2. The van der Waals surface area contributed by atoms with Gasteiger partial charge in [-0.2, -0.15) is 5.26 Å². The molecule has 3 heterocycles. The van der Waals surface area contributed by atoms with Crippen LogP contribution in [0.2, 0.25) is 0 Å². The second kappa shape index (κ2) is 6.57. The van der Waals surface area contributed by atoms with Crippen molar-refractivity contribution in [3.63, 3.8) is 0 Å². The number of aromatic nitrogens is 1. The van der Waals surface area contributed by atoms with E-state index in [-0.39, 0.29) is 11.8 Å². The fourth-order valence-corrected chi connectivity index (χ4v) is 2.78. The Morgan fingerprint density at radius 2 is 2.30 bits per heavy atom. The summed E-state index contributed by atoms with van der Waals surface area (Å²) in [7, 11) is 0. The number of piperidine rings is 1. The highest BCUT2D eigenvalue weighted by Gasteiger charge is 2.28. The predicted molar refractivity (Wildman–Crippen MR) is 81.4 cm³/mol. The number of oxazole rings is 1. The van der Waals surface area contributed by atoms with E-state index >= 15 is 0 Å². The van der Waals surface area contributed by atoms with Gasteiger partial charge >= 0.3 is 0 Å². The third-order valence-corrected chi connectivity index (χ3v) is 3.99. The van der Waals surface area contributed by atoms with Gasteiger partial charge in [-0.1, -0.05) is 0 Å². The van der Waals surface area contributed by atoms with E-state index in [2.05, 4.69) is 10.3 Å². The highest BCUT2D eigenvalue weighted by Crippen LogP contribution is 2.27. The molecule has 1 aliphatic rings. The Balaban J connectivity index is 1.53. The number of hydrogen-bond donors (Lipinski definition) is 1. The van der Waals surface area contributed by atoms with Gasteiger partial charge in [0.1, 0.15) is 11.8 Å². The average molecular weight is 314 g/mol. The number of amides is 1. The zero-order valence-electron chi connectivity index (χ0n) is 12.9. The van der Waals surface area contributed by atoms with Crippen LogP contribution in [-0.4, -0.2) is 24.0 Å². The van der Waals surface area contributed by atoms with E-state index in [0.717, 1.165) is 5.76 Å². The summed E-state index contributed by atoms with van der Waals surface area (Å²) in [5.41, 5.74) is 0.309. The zero-order valence-corrected chi connectivity index (χ0v) is 12.9. The second-order valence-electron chi connectivity index (χ2n) is 5.56. The number of hydrogen-bond acceptors (Lipinski definition) is 6. The Kier molecular flexibility index (Phi) is 4.33. The van der Waals surface area contributed by atoms with Crippen molar-refractivity contribution in [2.75, 3.05) is 18.0 Å². The molecular weight excluding hydrogens is 296 g/mol. The lowest BCUT2D eigenvalue weighted by atomic mass is 9.96. The minimum Gasteiger partial charge on any atom is -0.467 e. The molecule has 1 fully saturated rings. The van der Waals surface area contributed by atoms with Gasteiger partial charge in [0.25, 0.3) is 0 Å². The van der Waals surface area contributed by atoms with E-state index < -0.39 is 0 Å². The molecule has 120 valence electrons. The first-order chi connectivity index (χ1) is 11.2. The SMILES string of the molecule is Cc1nc(C#N)c(N2CCC(C(=O)NCc3ccco3)CC2)o1. The van der Waals surface area contributed by atoms with Gasteiger partial charge in [0.15, 0.2) is 5.89 Å². The molecule has 0 bridgehead atoms. The number of nitriles is 1. The minimum absolute atomic E-state index is 0.0317. The van der Waals surface area contributed by atoms with Gasteiger partial charge < -0.3 is 19.1 Å². The lowest BCUT2D eigenvalue weighted by Crippen LogP contribution is -2.40. The van der Waals surface area contributed by atoms with Gasteiger partial charge in [0.2, 0.25) is 17.5 Å². The van der Waals surface area contributed by atoms with E-state index in [4.69, 9.17) is 14.1 Å². The molecule has 1 aliphatic heterocycles. The highest BCUT2D eigenvalue weighted by molar-refractivity contribution is 5.78. The number of furan rings is 1. The number of nitrogens with zero attached hydrogens (tertiary/aromatic N) is 3. The summed E-state index contributed by atoms with van der Waals surface area (Å²) in [4.78, 5) is 18.2. The molecule has 0 aromatic carbocycles. The number of aryl methyl sites for hydroxylation is 1. The molecule has 1 N–H and O–H groups in total. The van der Waals surface area contributed by atoms with Crippen molar-refractivity contribution >= 4 is 11.8 Å². The maximum Gasteiger partial charge on any atom is 0.234 e. The van der Waals surface area contributed by atoms with Crippen LogP contribution in [0.1, 0.15) is 30.2 Å². The third-order valence-electron chi connectivity index (χ3n) is 3.99. The molecule has 0 radical (unpaired) electrons. The molecular formula is C16H18N4O3. The fourth-order valence-electron chi connectivity index (χ4n) is 2.78. The molecule has 0 aliphatic carbocycles. The molecule has 0 saturated carbocycles. The smallest absolute Gasteiger partial charge is 0.234 e. The second-order valence-corrected chi connectivity index (χ2v) is 5.56. The Morgan fingerprint density at radius 3 is 2.96 bits per heavy atom. The molecule has 2 aromatic heterocycles. The minimum atomic E-state index is -0.0317. The van der Waals surface area contributed by atoms with Gasteiger partial charge in [-0.05, 0) is 25.0 Å².